The Kier molecular flexibility index (Phi) is 7.21. The van der Waals surface area contributed by atoms with Crippen molar-refractivity contribution in [3.8, 4) is 0 Å². The lowest BCUT2D eigenvalue weighted by Gasteiger charge is -2.27. The molecule has 40 heavy (non-hydrogen) atoms. The van der Waals surface area contributed by atoms with E-state index in [0.29, 0.717) is 12.2 Å². The first-order valence-electron chi connectivity index (χ1n) is 13.4. The number of fused-ring (bicyclic) bond motifs is 2. The summed E-state index contributed by atoms with van der Waals surface area (Å²) in [5.41, 5.74) is 5.75. The van der Waals surface area contributed by atoms with Crippen LogP contribution in [-0.4, -0.2) is 12.9 Å². The highest BCUT2D eigenvalue weighted by atomic mass is 16.5. The molecule has 0 atom stereocenters. The summed E-state index contributed by atoms with van der Waals surface area (Å²) in [7, 11) is 1.65. The summed E-state index contributed by atoms with van der Waals surface area (Å²) in [5.74, 6) is -0.0384. The number of ether oxygens (including phenoxy) is 1. The van der Waals surface area contributed by atoms with Gasteiger partial charge in [-0.1, -0.05) is 97.1 Å². The summed E-state index contributed by atoms with van der Waals surface area (Å²) in [6.07, 6.45) is 3.53. The van der Waals surface area contributed by atoms with Crippen molar-refractivity contribution in [2.75, 3.05) is 12.0 Å². The van der Waals surface area contributed by atoms with Gasteiger partial charge in [0.05, 0.1) is 12.3 Å². The Bertz CT molecular complexity index is 1820. The number of nitrogens with zero attached hydrogens (tertiary/aromatic N) is 1. The highest BCUT2D eigenvalue weighted by Crippen LogP contribution is 2.38. The third kappa shape index (κ3) is 5.15. The number of methoxy groups -OCH3 is 1. The van der Waals surface area contributed by atoms with E-state index in [-0.39, 0.29) is 5.78 Å². The minimum atomic E-state index is -0.0384. The number of rotatable bonds is 8. The number of carbonyl (C=O) groups excluding carboxylic acids is 1. The molecule has 0 bridgehead atoms. The maximum atomic E-state index is 13.3. The van der Waals surface area contributed by atoms with Gasteiger partial charge in [0.2, 0.25) is 0 Å². The molecule has 6 aromatic rings. The zero-order chi connectivity index (χ0) is 27.3. The van der Waals surface area contributed by atoms with Crippen molar-refractivity contribution in [1.29, 1.82) is 0 Å². The molecule has 0 saturated heterocycles. The van der Waals surface area contributed by atoms with Crippen LogP contribution in [0.25, 0.3) is 27.6 Å². The molecule has 6 aromatic carbocycles. The molecule has 6 rings (SSSR count). The molecule has 0 heterocycles. The van der Waals surface area contributed by atoms with Crippen LogP contribution in [0.2, 0.25) is 0 Å². The van der Waals surface area contributed by atoms with E-state index in [1.165, 1.54) is 10.8 Å². The van der Waals surface area contributed by atoms with E-state index in [2.05, 4.69) is 102 Å². The number of benzene rings is 6. The third-order valence-corrected chi connectivity index (χ3v) is 7.14. The molecule has 0 radical (unpaired) electrons. The first kappa shape index (κ1) is 25.3. The monoisotopic (exact) mass is 519 g/mol. The second-order valence-corrected chi connectivity index (χ2v) is 9.75. The van der Waals surface area contributed by atoms with Gasteiger partial charge in [0.1, 0.15) is 0 Å². The Labute approximate surface area is 234 Å². The van der Waals surface area contributed by atoms with Crippen LogP contribution in [-0.2, 0) is 11.3 Å². The molecule has 0 spiro atoms. The minimum absolute atomic E-state index is 0.0384. The Morgan fingerprint density at radius 2 is 1.30 bits per heavy atom. The van der Waals surface area contributed by atoms with Crippen molar-refractivity contribution in [2.45, 2.75) is 6.61 Å². The fraction of sp³-hybridized carbons (Fsp3) is 0.0541. The molecule has 194 valence electrons. The molecule has 0 amide bonds. The Morgan fingerprint density at radius 1 is 0.675 bits per heavy atom. The normalized spacial score (nSPS) is 11.3. The number of ketones is 1. The standard InChI is InChI=1S/C37H29NO2/c1-40-26-31-24-29-11-5-6-12-30(29)25-35(31)37(39)23-20-27-18-21-33(22-19-27)38(32-14-3-2-4-15-32)36-17-9-13-28-10-7-8-16-34(28)36/h2-25H,26H2,1H3. The fourth-order valence-electron chi connectivity index (χ4n) is 5.20. The van der Waals surface area contributed by atoms with Crippen LogP contribution in [0.3, 0.4) is 0 Å². The van der Waals surface area contributed by atoms with Crippen LogP contribution in [0.15, 0.2) is 140 Å². The Hall–Kier alpha value is -4.99. The molecule has 0 unspecified atom stereocenters. The lowest BCUT2D eigenvalue weighted by molar-refractivity contribution is 0.104. The second kappa shape index (κ2) is 11.4. The largest absolute Gasteiger partial charge is 0.380 e. The highest BCUT2D eigenvalue weighted by molar-refractivity contribution is 6.10. The maximum absolute atomic E-state index is 13.3. The van der Waals surface area contributed by atoms with Crippen LogP contribution in [0.1, 0.15) is 21.5 Å². The first-order valence-corrected chi connectivity index (χ1v) is 13.4. The van der Waals surface area contributed by atoms with E-state index >= 15 is 0 Å². The molecule has 0 N–H and O–H groups in total. The summed E-state index contributed by atoms with van der Waals surface area (Å²) in [5, 5.41) is 4.52. The molecule has 3 heteroatoms. The van der Waals surface area contributed by atoms with Gasteiger partial charge in [0.15, 0.2) is 5.78 Å². The number of para-hydroxylation sites is 1. The van der Waals surface area contributed by atoms with Crippen molar-refractivity contribution >= 4 is 50.5 Å². The van der Waals surface area contributed by atoms with Gasteiger partial charge >= 0.3 is 0 Å². The molecule has 0 saturated carbocycles. The summed E-state index contributed by atoms with van der Waals surface area (Å²) >= 11 is 0. The predicted octanol–water partition coefficient (Wildman–Crippen LogP) is 9.51. The Morgan fingerprint density at radius 3 is 2.05 bits per heavy atom. The van der Waals surface area contributed by atoms with E-state index in [4.69, 9.17) is 4.74 Å². The average molecular weight is 520 g/mol. The summed E-state index contributed by atoms with van der Waals surface area (Å²) in [4.78, 5) is 15.5. The minimum Gasteiger partial charge on any atom is -0.380 e. The Balaban J connectivity index is 1.32. The van der Waals surface area contributed by atoms with Crippen molar-refractivity contribution in [2.24, 2.45) is 0 Å². The summed E-state index contributed by atoms with van der Waals surface area (Å²) in [6.45, 7) is 0.387. The molecule has 0 fully saturated rings. The number of anilines is 3. The van der Waals surface area contributed by atoms with Crippen molar-refractivity contribution in [3.63, 3.8) is 0 Å². The van der Waals surface area contributed by atoms with Gasteiger partial charge in [0.25, 0.3) is 0 Å². The first-order chi connectivity index (χ1) is 19.7. The molecule has 3 nitrogen and oxygen atoms in total. The van der Waals surface area contributed by atoms with Crippen molar-refractivity contribution in [3.05, 3.63) is 156 Å². The second-order valence-electron chi connectivity index (χ2n) is 9.75. The fourth-order valence-corrected chi connectivity index (χ4v) is 5.20. The molecule has 0 aromatic heterocycles. The lowest BCUT2D eigenvalue weighted by Crippen LogP contribution is -2.10. The van der Waals surface area contributed by atoms with Crippen LogP contribution in [0.4, 0.5) is 17.1 Å². The van der Waals surface area contributed by atoms with Crippen LogP contribution in [0.5, 0.6) is 0 Å². The van der Waals surface area contributed by atoms with E-state index in [0.717, 1.165) is 39.0 Å². The van der Waals surface area contributed by atoms with Gasteiger partial charge in [-0.3, -0.25) is 4.79 Å². The molecular formula is C37H29NO2. The number of hydrogen-bond acceptors (Lipinski definition) is 3. The molecule has 0 aliphatic heterocycles. The van der Waals surface area contributed by atoms with E-state index < -0.39 is 0 Å². The average Bonchev–Trinajstić information content (AvgIpc) is 3.01. The lowest BCUT2D eigenvalue weighted by atomic mass is 9.98. The molecule has 0 aliphatic carbocycles. The van der Waals surface area contributed by atoms with Gasteiger partial charge in [-0.05, 0) is 75.8 Å². The highest BCUT2D eigenvalue weighted by Gasteiger charge is 2.15. The van der Waals surface area contributed by atoms with E-state index in [1.807, 2.05) is 42.5 Å². The van der Waals surface area contributed by atoms with E-state index in [9.17, 15) is 4.79 Å². The molecular weight excluding hydrogens is 490 g/mol. The van der Waals surface area contributed by atoms with Crippen LogP contribution in [0, 0.1) is 0 Å². The number of allylic oxidation sites excluding steroid dienone is 1. The van der Waals surface area contributed by atoms with Gasteiger partial charge in [-0.25, -0.2) is 0 Å². The number of carbonyl (C=O) groups is 1. The quantitative estimate of drug-likeness (QED) is 0.148. The van der Waals surface area contributed by atoms with Gasteiger partial charge in [-0.15, -0.1) is 0 Å². The SMILES string of the molecule is COCc1cc2ccccc2cc1C(=O)C=Cc1ccc(N(c2ccccc2)c2cccc3ccccc23)cc1. The van der Waals surface area contributed by atoms with Crippen LogP contribution < -0.4 is 4.90 Å². The topological polar surface area (TPSA) is 29.5 Å². The number of hydrogen-bond donors (Lipinski definition) is 0. The summed E-state index contributed by atoms with van der Waals surface area (Å²) < 4.78 is 5.38. The van der Waals surface area contributed by atoms with Gasteiger partial charge < -0.3 is 9.64 Å². The van der Waals surface area contributed by atoms with Gasteiger partial charge in [-0.2, -0.15) is 0 Å². The van der Waals surface area contributed by atoms with Crippen LogP contribution >= 0.6 is 0 Å². The zero-order valence-electron chi connectivity index (χ0n) is 22.3. The van der Waals surface area contributed by atoms with E-state index in [1.54, 1.807) is 13.2 Å². The maximum Gasteiger partial charge on any atom is 0.186 e. The van der Waals surface area contributed by atoms with Crippen molar-refractivity contribution in [1.82, 2.24) is 0 Å². The summed E-state index contributed by atoms with van der Waals surface area (Å²) in [6, 6.07) is 45.6. The predicted molar refractivity (Wildman–Crippen MR) is 167 cm³/mol. The molecule has 0 aliphatic rings. The smallest absolute Gasteiger partial charge is 0.186 e. The van der Waals surface area contributed by atoms with Gasteiger partial charge in [0, 0.05) is 29.4 Å². The third-order valence-electron chi connectivity index (χ3n) is 7.14. The van der Waals surface area contributed by atoms with Crippen molar-refractivity contribution < 1.29 is 9.53 Å². The zero-order valence-corrected chi connectivity index (χ0v) is 22.3.